The van der Waals surface area contributed by atoms with Gasteiger partial charge in [-0.3, -0.25) is 4.79 Å². The third-order valence-corrected chi connectivity index (χ3v) is 2.08. The van der Waals surface area contributed by atoms with E-state index in [9.17, 15) is 18.0 Å². The molecule has 0 fully saturated rings. The Balaban J connectivity index is 3.10. The van der Waals surface area contributed by atoms with E-state index in [0.29, 0.717) is 0 Å². The number of aromatic nitrogens is 1. The van der Waals surface area contributed by atoms with Gasteiger partial charge in [0.2, 0.25) is 0 Å². The number of nitrogens with two attached hydrogens (primary N) is 1. The monoisotopic (exact) mass is 284 g/mol. The Hall–Kier alpha value is -1.31. The Bertz CT molecular complexity index is 394. The molecule has 0 saturated carbocycles. The number of amides is 1. The molecule has 15 heavy (non-hydrogen) atoms. The molecule has 4 nitrogen and oxygen atoms in total. The topological polar surface area (TPSA) is 65.2 Å². The normalized spacial score (nSPS) is 11.2. The molecule has 1 amide bonds. The zero-order chi connectivity index (χ0) is 11.6. The average Bonchev–Trinajstić information content (AvgIpc) is 2.05. The van der Waals surface area contributed by atoms with E-state index in [-0.39, 0.29) is 10.2 Å². The Morgan fingerprint density at radius 3 is 2.60 bits per heavy atom. The van der Waals surface area contributed by atoms with Crippen molar-refractivity contribution in [3.8, 4) is 5.75 Å². The maximum absolute atomic E-state index is 11.9. The highest BCUT2D eigenvalue weighted by atomic mass is 79.9. The zero-order valence-corrected chi connectivity index (χ0v) is 8.59. The minimum Gasteiger partial charge on any atom is -0.404 e. The van der Waals surface area contributed by atoms with Crippen LogP contribution in [0.5, 0.6) is 5.75 Å². The summed E-state index contributed by atoms with van der Waals surface area (Å²) < 4.78 is 39.0. The number of carbonyl (C=O) groups is 1. The quantitative estimate of drug-likeness (QED) is 0.901. The maximum Gasteiger partial charge on any atom is 0.573 e. The van der Waals surface area contributed by atoms with Gasteiger partial charge in [0.05, 0.1) is 4.47 Å². The molecule has 1 heterocycles. The number of hydrogen-bond acceptors (Lipinski definition) is 3. The molecule has 1 rings (SSSR count). The number of halogens is 4. The molecule has 0 atom stereocenters. The first-order chi connectivity index (χ1) is 6.81. The third-order valence-electron chi connectivity index (χ3n) is 1.31. The molecule has 0 bridgehead atoms. The lowest BCUT2D eigenvalue weighted by atomic mass is 10.3. The van der Waals surface area contributed by atoms with Crippen LogP contribution in [-0.4, -0.2) is 17.3 Å². The van der Waals surface area contributed by atoms with E-state index >= 15 is 0 Å². The molecule has 8 heteroatoms. The number of primary amides is 1. The van der Waals surface area contributed by atoms with Crippen molar-refractivity contribution in [2.24, 2.45) is 5.73 Å². The molecule has 82 valence electrons. The fraction of sp³-hybridized carbons (Fsp3) is 0.143. The number of alkyl halides is 3. The summed E-state index contributed by atoms with van der Waals surface area (Å²) in [6.07, 6.45) is -3.84. The summed E-state index contributed by atoms with van der Waals surface area (Å²) in [6, 6.07) is 0.962. The molecule has 0 saturated heterocycles. The molecule has 0 radical (unpaired) electrons. The SMILES string of the molecule is NC(=O)c1nccc(OC(F)(F)F)c1Br. The number of nitrogens with zero attached hydrogens (tertiary/aromatic N) is 1. The van der Waals surface area contributed by atoms with E-state index < -0.39 is 18.0 Å². The third kappa shape index (κ3) is 3.08. The van der Waals surface area contributed by atoms with Gasteiger partial charge in [0.1, 0.15) is 11.4 Å². The Morgan fingerprint density at radius 1 is 1.53 bits per heavy atom. The van der Waals surface area contributed by atoms with Gasteiger partial charge in [-0.1, -0.05) is 0 Å². The van der Waals surface area contributed by atoms with Crippen molar-refractivity contribution in [1.29, 1.82) is 0 Å². The molecule has 1 aromatic rings. The molecule has 0 aliphatic heterocycles. The maximum atomic E-state index is 11.9. The number of ether oxygens (including phenoxy) is 1. The van der Waals surface area contributed by atoms with Gasteiger partial charge in [-0.15, -0.1) is 13.2 Å². The van der Waals surface area contributed by atoms with Gasteiger partial charge in [0, 0.05) is 12.3 Å². The van der Waals surface area contributed by atoms with Crippen molar-refractivity contribution in [3.63, 3.8) is 0 Å². The second kappa shape index (κ2) is 4.05. The smallest absolute Gasteiger partial charge is 0.404 e. The van der Waals surface area contributed by atoms with E-state index in [1.807, 2.05) is 0 Å². The van der Waals surface area contributed by atoms with Crippen LogP contribution in [0, 0.1) is 0 Å². The van der Waals surface area contributed by atoms with Gasteiger partial charge < -0.3 is 10.5 Å². The zero-order valence-electron chi connectivity index (χ0n) is 7.01. The van der Waals surface area contributed by atoms with E-state index in [0.717, 1.165) is 12.3 Å². The van der Waals surface area contributed by atoms with Crippen molar-refractivity contribution in [1.82, 2.24) is 4.98 Å². The summed E-state index contributed by atoms with van der Waals surface area (Å²) >= 11 is 2.75. The molecule has 0 unspecified atom stereocenters. The molecule has 0 spiro atoms. The van der Waals surface area contributed by atoms with Gasteiger partial charge in [-0.25, -0.2) is 4.98 Å². The summed E-state index contributed by atoms with van der Waals surface area (Å²) in [7, 11) is 0. The van der Waals surface area contributed by atoms with Crippen LogP contribution < -0.4 is 10.5 Å². The minimum absolute atomic E-state index is 0.227. The Labute approximate surface area is 90.4 Å². The average molecular weight is 285 g/mol. The molecule has 0 aliphatic carbocycles. The van der Waals surface area contributed by atoms with Crippen LogP contribution in [0.3, 0.4) is 0 Å². The van der Waals surface area contributed by atoms with Crippen LogP contribution in [0.1, 0.15) is 10.5 Å². The van der Waals surface area contributed by atoms with Crippen LogP contribution in [0.2, 0.25) is 0 Å². The fourth-order valence-electron chi connectivity index (χ4n) is 0.801. The summed E-state index contributed by atoms with van der Waals surface area (Å²) in [5.74, 6) is -1.51. The second-order valence-electron chi connectivity index (χ2n) is 2.38. The Kier molecular flexibility index (Phi) is 3.18. The molecular formula is C7H4BrF3N2O2. The fourth-order valence-corrected chi connectivity index (χ4v) is 1.31. The first-order valence-corrected chi connectivity index (χ1v) is 4.30. The van der Waals surface area contributed by atoms with E-state index in [1.54, 1.807) is 0 Å². The van der Waals surface area contributed by atoms with Crippen molar-refractivity contribution >= 4 is 21.8 Å². The summed E-state index contributed by atoms with van der Waals surface area (Å²) in [4.78, 5) is 14.2. The Morgan fingerprint density at radius 2 is 2.13 bits per heavy atom. The number of carbonyl (C=O) groups excluding carboxylic acids is 1. The number of rotatable bonds is 2. The number of pyridine rings is 1. The van der Waals surface area contributed by atoms with Crippen molar-refractivity contribution in [3.05, 3.63) is 22.4 Å². The van der Waals surface area contributed by atoms with Gasteiger partial charge in [0.15, 0.2) is 0 Å². The highest BCUT2D eigenvalue weighted by Crippen LogP contribution is 2.31. The van der Waals surface area contributed by atoms with E-state index in [1.165, 1.54) is 0 Å². The lowest BCUT2D eigenvalue weighted by molar-refractivity contribution is -0.274. The predicted molar refractivity (Wildman–Crippen MR) is 47.1 cm³/mol. The largest absolute Gasteiger partial charge is 0.573 e. The second-order valence-corrected chi connectivity index (χ2v) is 3.18. The predicted octanol–water partition coefficient (Wildman–Crippen LogP) is 1.84. The van der Waals surface area contributed by atoms with E-state index in [2.05, 4.69) is 25.7 Å². The molecule has 1 aromatic heterocycles. The molecule has 0 aromatic carbocycles. The minimum atomic E-state index is -4.83. The van der Waals surface area contributed by atoms with Gasteiger partial charge in [0.25, 0.3) is 5.91 Å². The highest BCUT2D eigenvalue weighted by molar-refractivity contribution is 9.10. The van der Waals surface area contributed by atoms with Crippen molar-refractivity contribution in [2.75, 3.05) is 0 Å². The van der Waals surface area contributed by atoms with Gasteiger partial charge in [-0.05, 0) is 15.9 Å². The lowest BCUT2D eigenvalue weighted by Gasteiger charge is -2.10. The first-order valence-electron chi connectivity index (χ1n) is 3.51. The van der Waals surface area contributed by atoms with Gasteiger partial charge >= 0.3 is 6.36 Å². The van der Waals surface area contributed by atoms with E-state index in [4.69, 9.17) is 5.73 Å². The van der Waals surface area contributed by atoms with Crippen molar-refractivity contribution < 1.29 is 22.7 Å². The summed E-state index contributed by atoms with van der Waals surface area (Å²) in [5, 5.41) is 0. The van der Waals surface area contributed by atoms with Crippen LogP contribution >= 0.6 is 15.9 Å². The summed E-state index contributed by atoms with van der Waals surface area (Å²) in [6.45, 7) is 0. The first kappa shape index (κ1) is 11.8. The van der Waals surface area contributed by atoms with Crippen LogP contribution in [0.4, 0.5) is 13.2 Å². The molecular weight excluding hydrogens is 281 g/mol. The highest BCUT2D eigenvalue weighted by Gasteiger charge is 2.32. The van der Waals surface area contributed by atoms with Crippen molar-refractivity contribution in [2.45, 2.75) is 6.36 Å². The van der Waals surface area contributed by atoms with Crippen LogP contribution in [0.25, 0.3) is 0 Å². The number of hydrogen-bond donors (Lipinski definition) is 1. The standard InChI is InChI=1S/C7H4BrF3N2O2/c8-4-3(15-7(9,10)11)1-2-13-5(4)6(12)14/h1-2H,(H2,12,14). The summed E-state index contributed by atoms with van der Waals surface area (Å²) in [5.41, 5.74) is 4.56. The van der Waals surface area contributed by atoms with Crippen LogP contribution in [-0.2, 0) is 0 Å². The lowest BCUT2D eigenvalue weighted by Crippen LogP contribution is -2.19. The van der Waals surface area contributed by atoms with Gasteiger partial charge in [-0.2, -0.15) is 0 Å². The molecule has 0 aliphatic rings. The molecule has 2 N–H and O–H groups in total. The van der Waals surface area contributed by atoms with Crippen LogP contribution in [0.15, 0.2) is 16.7 Å².